The zero-order valence-electron chi connectivity index (χ0n) is 11.4. The summed E-state index contributed by atoms with van der Waals surface area (Å²) in [5, 5.41) is 4.12. The maximum absolute atomic E-state index is 11.9. The van der Waals surface area contributed by atoms with Crippen LogP contribution in [0.1, 0.15) is 49.9 Å². The van der Waals surface area contributed by atoms with Gasteiger partial charge in [-0.3, -0.25) is 0 Å². The summed E-state index contributed by atoms with van der Waals surface area (Å²) in [4.78, 5) is 11.9. The first-order valence-electron chi connectivity index (χ1n) is 6.82. The number of nitrogens with two attached hydrogens (primary N) is 1. The Bertz CT molecular complexity index is 441. The first-order chi connectivity index (χ1) is 9.13. The number of carbonyl (C=O) groups is 1. The monoisotopic (exact) mass is 283 g/mol. The summed E-state index contributed by atoms with van der Waals surface area (Å²) in [7, 11) is 0. The fourth-order valence-corrected chi connectivity index (χ4v) is 3.38. The quantitative estimate of drug-likeness (QED) is 0.812. The van der Waals surface area contributed by atoms with E-state index in [0.29, 0.717) is 24.1 Å². The number of hydrogen-bond acceptors (Lipinski definition) is 6. The van der Waals surface area contributed by atoms with E-state index in [1.165, 1.54) is 37.2 Å². The molecule has 1 fully saturated rings. The van der Waals surface area contributed by atoms with Crippen LogP contribution in [0.4, 0.5) is 10.8 Å². The normalized spacial score (nSPS) is 17.4. The summed E-state index contributed by atoms with van der Waals surface area (Å²) < 4.78 is 9.08. The van der Waals surface area contributed by atoms with E-state index in [1.54, 1.807) is 6.92 Å². The van der Waals surface area contributed by atoms with Crippen LogP contribution in [0.5, 0.6) is 0 Å². The molecule has 0 bridgehead atoms. The van der Waals surface area contributed by atoms with Crippen molar-refractivity contribution in [3.8, 4) is 0 Å². The summed E-state index contributed by atoms with van der Waals surface area (Å²) in [6.45, 7) is 4.27. The first kappa shape index (κ1) is 14.1. The molecule has 0 radical (unpaired) electrons. The molecule has 1 aliphatic carbocycles. The maximum Gasteiger partial charge on any atom is 0.344 e. The van der Waals surface area contributed by atoms with Gasteiger partial charge in [-0.2, -0.15) is 4.37 Å². The van der Waals surface area contributed by atoms with Crippen LogP contribution in [-0.4, -0.2) is 23.0 Å². The third kappa shape index (κ3) is 3.18. The molecule has 1 unspecified atom stereocenters. The fraction of sp³-hybridized carbons (Fsp3) is 0.692. The number of hydrogen-bond donors (Lipinski definition) is 2. The predicted octanol–water partition coefficient (Wildman–Crippen LogP) is 2.89. The Kier molecular flexibility index (Phi) is 4.63. The van der Waals surface area contributed by atoms with Gasteiger partial charge in [0.15, 0.2) is 5.82 Å². The van der Waals surface area contributed by atoms with E-state index in [2.05, 4.69) is 16.6 Å². The maximum atomic E-state index is 11.9. The predicted molar refractivity (Wildman–Crippen MR) is 77.5 cm³/mol. The van der Waals surface area contributed by atoms with Crippen LogP contribution >= 0.6 is 11.5 Å². The van der Waals surface area contributed by atoms with Crippen molar-refractivity contribution >= 4 is 28.3 Å². The van der Waals surface area contributed by atoms with Crippen LogP contribution in [0.3, 0.4) is 0 Å². The number of rotatable bonds is 5. The van der Waals surface area contributed by atoms with Gasteiger partial charge in [0.25, 0.3) is 0 Å². The number of nitrogens with one attached hydrogen (secondary N) is 1. The van der Waals surface area contributed by atoms with Crippen molar-refractivity contribution in [2.45, 2.75) is 45.6 Å². The van der Waals surface area contributed by atoms with Gasteiger partial charge in [-0.15, -0.1) is 0 Å². The van der Waals surface area contributed by atoms with Crippen molar-refractivity contribution in [2.75, 3.05) is 17.7 Å². The molecule has 0 amide bonds. The number of carbonyl (C=O) groups excluding carboxylic acids is 1. The molecule has 2 rings (SSSR count). The summed E-state index contributed by atoms with van der Waals surface area (Å²) >= 11 is 1.23. The summed E-state index contributed by atoms with van der Waals surface area (Å²) in [6.07, 6.45) is 5.09. The third-order valence-electron chi connectivity index (χ3n) is 3.66. The fourth-order valence-electron chi connectivity index (χ4n) is 2.58. The molecule has 1 heterocycles. The molecule has 1 saturated carbocycles. The second-order valence-electron chi connectivity index (χ2n) is 4.97. The highest BCUT2D eigenvalue weighted by atomic mass is 32.1. The van der Waals surface area contributed by atoms with E-state index in [9.17, 15) is 4.79 Å². The molecular formula is C13H21N3O2S. The molecule has 0 spiro atoms. The van der Waals surface area contributed by atoms with Gasteiger partial charge in [0.2, 0.25) is 0 Å². The smallest absolute Gasteiger partial charge is 0.344 e. The topological polar surface area (TPSA) is 77.2 Å². The van der Waals surface area contributed by atoms with Crippen LogP contribution in [0, 0.1) is 5.92 Å². The lowest BCUT2D eigenvalue weighted by Crippen LogP contribution is -2.24. The minimum Gasteiger partial charge on any atom is -0.462 e. The molecule has 0 aromatic carbocycles. The molecule has 6 heteroatoms. The summed E-state index contributed by atoms with van der Waals surface area (Å²) in [5.41, 5.74) is 6.15. The van der Waals surface area contributed by atoms with Crippen LogP contribution in [0.15, 0.2) is 0 Å². The van der Waals surface area contributed by atoms with Crippen LogP contribution in [-0.2, 0) is 4.74 Å². The van der Waals surface area contributed by atoms with E-state index >= 15 is 0 Å². The van der Waals surface area contributed by atoms with Crippen molar-refractivity contribution in [2.24, 2.45) is 5.92 Å². The van der Waals surface area contributed by atoms with E-state index < -0.39 is 5.97 Å². The number of ether oxygens (including phenoxy) is 1. The molecule has 19 heavy (non-hydrogen) atoms. The molecule has 3 N–H and O–H groups in total. The number of aromatic nitrogens is 1. The van der Waals surface area contributed by atoms with Gasteiger partial charge in [0.05, 0.1) is 6.61 Å². The second-order valence-corrected chi connectivity index (χ2v) is 5.74. The lowest BCUT2D eigenvalue weighted by atomic mass is 10.00. The Balaban J connectivity index is 2.09. The standard InChI is InChI=1S/C13H21N3O2S/c1-3-18-13(17)10-11(14)16-19-12(10)15-8(2)9-6-4-5-7-9/h8-9,15H,3-7H2,1-2H3,(H2,14,16). The third-order valence-corrected chi connectivity index (χ3v) is 4.46. The number of esters is 1. The molecule has 1 aromatic rings. The van der Waals surface area contributed by atoms with E-state index in [0.717, 1.165) is 5.00 Å². The van der Waals surface area contributed by atoms with E-state index in [-0.39, 0.29) is 5.82 Å². The summed E-state index contributed by atoms with van der Waals surface area (Å²) in [5.74, 6) is 0.526. The van der Waals surface area contributed by atoms with Crippen LogP contribution < -0.4 is 11.1 Å². The molecule has 0 saturated heterocycles. The highest BCUT2D eigenvalue weighted by molar-refractivity contribution is 7.11. The van der Waals surface area contributed by atoms with Crippen LogP contribution in [0.2, 0.25) is 0 Å². The number of anilines is 2. The van der Waals surface area contributed by atoms with E-state index in [1.807, 2.05) is 0 Å². The van der Waals surface area contributed by atoms with Gasteiger partial charge < -0.3 is 15.8 Å². The summed E-state index contributed by atoms with van der Waals surface area (Å²) in [6, 6.07) is 0.329. The van der Waals surface area contributed by atoms with Gasteiger partial charge in [-0.1, -0.05) is 12.8 Å². The molecule has 5 nitrogen and oxygen atoms in total. The number of nitrogens with zero attached hydrogens (tertiary/aromatic N) is 1. The second kappa shape index (κ2) is 6.23. The first-order valence-corrected chi connectivity index (χ1v) is 7.59. The van der Waals surface area contributed by atoms with Crippen molar-refractivity contribution in [3.05, 3.63) is 5.56 Å². The van der Waals surface area contributed by atoms with Gasteiger partial charge >= 0.3 is 5.97 Å². The largest absolute Gasteiger partial charge is 0.462 e. The zero-order valence-corrected chi connectivity index (χ0v) is 12.3. The Hall–Kier alpha value is -1.30. The zero-order chi connectivity index (χ0) is 13.8. The van der Waals surface area contributed by atoms with Crippen molar-refractivity contribution in [1.82, 2.24) is 4.37 Å². The molecule has 1 aromatic heterocycles. The van der Waals surface area contributed by atoms with Crippen LogP contribution in [0.25, 0.3) is 0 Å². The number of nitrogen functional groups attached to an aromatic ring is 1. The van der Waals surface area contributed by atoms with Gasteiger partial charge in [-0.05, 0) is 44.1 Å². The van der Waals surface area contributed by atoms with Gasteiger partial charge in [-0.25, -0.2) is 4.79 Å². The SMILES string of the molecule is CCOC(=O)c1c(N)nsc1NC(C)C1CCCC1. The average Bonchev–Trinajstić information content (AvgIpc) is 2.99. The molecule has 1 atom stereocenters. The van der Waals surface area contributed by atoms with Gasteiger partial charge in [0, 0.05) is 6.04 Å². The minimum atomic E-state index is -0.394. The van der Waals surface area contributed by atoms with E-state index in [4.69, 9.17) is 10.5 Å². The Labute approximate surface area is 117 Å². The van der Waals surface area contributed by atoms with Crippen molar-refractivity contribution in [3.63, 3.8) is 0 Å². The van der Waals surface area contributed by atoms with Crippen molar-refractivity contribution < 1.29 is 9.53 Å². The van der Waals surface area contributed by atoms with Gasteiger partial charge in [0.1, 0.15) is 10.6 Å². The Morgan fingerprint density at radius 3 is 2.89 bits per heavy atom. The van der Waals surface area contributed by atoms with Crippen molar-refractivity contribution in [1.29, 1.82) is 0 Å². The molecular weight excluding hydrogens is 262 g/mol. The Morgan fingerprint density at radius 1 is 1.58 bits per heavy atom. The highest BCUT2D eigenvalue weighted by Crippen LogP contribution is 2.33. The average molecular weight is 283 g/mol. The molecule has 0 aliphatic heterocycles. The Morgan fingerprint density at radius 2 is 2.26 bits per heavy atom. The molecule has 106 valence electrons. The highest BCUT2D eigenvalue weighted by Gasteiger charge is 2.26. The lowest BCUT2D eigenvalue weighted by Gasteiger charge is -2.20. The lowest BCUT2D eigenvalue weighted by molar-refractivity contribution is 0.0529. The molecule has 1 aliphatic rings. The minimum absolute atomic E-state index is 0.254.